The third-order valence-corrected chi connectivity index (χ3v) is 2.20. The molecule has 1 aromatic rings. The van der Waals surface area contributed by atoms with E-state index in [0.717, 1.165) is 16.9 Å². The van der Waals surface area contributed by atoms with Gasteiger partial charge in [0.15, 0.2) is 0 Å². The number of benzene rings is 1. The molecule has 0 spiro atoms. The largest absolute Gasteiger partial charge is 0.372 e. The lowest BCUT2D eigenvalue weighted by Crippen LogP contribution is -2.36. The Morgan fingerprint density at radius 3 is 2.85 bits per heavy atom. The van der Waals surface area contributed by atoms with E-state index in [4.69, 9.17) is 0 Å². The van der Waals surface area contributed by atoms with Crippen LogP contribution in [0.2, 0.25) is 0 Å². The van der Waals surface area contributed by atoms with Gasteiger partial charge in [0.2, 0.25) is 5.91 Å². The summed E-state index contributed by atoms with van der Waals surface area (Å²) in [6, 6.07) is 5.83. The van der Waals surface area contributed by atoms with Crippen molar-refractivity contribution in [2.24, 2.45) is 0 Å². The minimum atomic E-state index is -0.143. The van der Waals surface area contributed by atoms with Gasteiger partial charge in [-0.15, -0.1) is 0 Å². The Morgan fingerprint density at radius 1 is 1.31 bits per heavy atom. The highest BCUT2D eigenvalue weighted by atomic mass is 16.2. The number of hydrogen-bond donors (Lipinski definition) is 2. The molecule has 0 bridgehead atoms. The highest BCUT2D eigenvalue weighted by Gasteiger charge is 2.20. The van der Waals surface area contributed by atoms with E-state index in [1.54, 1.807) is 0 Å². The van der Waals surface area contributed by atoms with Crippen molar-refractivity contribution in [1.29, 1.82) is 0 Å². The van der Waals surface area contributed by atoms with Gasteiger partial charge in [-0.05, 0) is 31.5 Å². The maximum absolute atomic E-state index is 11.3. The van der Waals surface area contributed by atoms with Crippen molar-refractivity contribution < 1.29 is 4.79 Å². The molecule has 1 amide bonds. The molecule has 1 unspecified atom stereocenters. The predicted octanol–water partition coefficient (Wildman–Crippen LogP) is 1.75. The van der Waals surface area contributed by atoms with E-state index in [9.17, 15) is 4.79 Å². The van der Waals surface area contributed by atoms with Gasteiger partial charge in [-0.25, -0.2) is 0 Å². The third-order valence-electron chi connectivity index (χ3n) is 2.20. The van der Waals surface area contributed by atoms with Crippen molar-refractivity contribution in [3.8, 4) is 0 Å². The fourth-order valence-electron chi connectivity index (χ4n) is 1.43. The van der Waals surface area contributed by atoms with Crippen LogP contribution in [0.15, 0.2) is 18.2 Å². The lowest BCUT2D eigenvalue weighted by atomic mass is 10.1. The number of anilines is 2. The fourth-order valence-corrected chi connectivity index (χ4v) is 1.43. The van der Waals surface area contributed by atoms with Crippen molar-refractivity contribution in [1.82, 2.24) is 0 Å². The Kier molecular flexibility index (Phi) is 1.72. The van der Waals surface area contributed by atoms with Crippen LogP contribution in [0, 0.1) is 6.92 Å². The number of amides is 1. The van der Waals surface area contributed by atoms with E-state index in [2.05, 4.69) is 10.6 Å². The topological polar surface area (TPSA) is 41.1 Å². The van der Waals surface area contributed by atoms with Gasteiger partial charge >= 0.3 is 0 Å². The van der Waals surface area contributed by atoms with Crippen LogP contribution in [-0.2, 0) is 4.79 Å². The summed E-state index contributed by atoms with van der Waals surface area (Å²) in [5, 5.41) is 5.97. The van der Waals surface area contributed by atoms with Crippen molar-refractivity contribution in [3.05, 3.63) is 23.8 Å². The summed E-state index contributed by atoms with van der Waals surface area (Å²) >= 11 is 0. The maximum atomic E-state index is 11.3. The molecule has 2 rings (SSSR count). The molecule has 1 atom stereocenters. The number of hydrogen-bond acceptors (Lipinski definition) is 2. The van der Waals surface area contributed by atoms with E-state index in [-0.39, 0.29) is 11.9 Å². The molecule has 3 nitrogen and oxygen atoms in total. The number of fused-ring (bicyclic) bond motifs is 1. The van der Waals surface area contributed by atoms with E-state index >= 15 is 0 Å². The van der Waals surface area contributed by atoms with Gasteiger partial charge in [-0.2, -0.15) is 0 Å². The summed E-state index contributed by atoms with van der Waals surface area (Å²) in [7, 11) is 0. The number of rotatable bonds is 0. The van der Waals surface area contributed by atoms with Crippen molar-refractivity contribution in [2.45, 2.75) is 19.9 Å². The lowest BCUT2D eigenvalue weighted by molar-refractivity contribution is -0.116. The Hall–Kier alpha value is -1.51. The van der Waals surface area contributed by atoms with Crippen LogP contribution in [0.3, 0.4) is 0 Å². The molecule has 0 aliphatic carbocycles. The first kappa shape index (κ1) is 8.10. The van der Waals surface area contributed by atoms with Crippen molar-refractivity contribution in [3.63, 3.8) is 0 Å². The first-order valence-electron chi connectivity index (χ1n) is 4.35. The number of nitrogens with one attached hydrogen (secondary N) is 2. The van der Waals surface area contributed by atoms with Gasteiger partial charge in [0.25, 0.3) is 0 Å². The Morgan fingerprint density at radius 2 is 2.08 bits per heavy atom. The van der Waals surface area contributed by atoms with Gasteiger partial charge in [-0.1, -0.05) is 6.07 Å². The molecule has 1 aliphatic rings. The van der Waals surface area contributed by atoms with Gasteiger partial charge in [-0.3, -0.25) is 4.79 Å². The van der Waals surface area contributed by atoms with Gasteiger partial charge in [0.1, 0.15) is 6.04 Å². The van der Waals surface area contributed by atoms with Crippen LogP contribution in [0.5, 0.6) is 0 Å². The number of aryl methyl sites for hydroxylation is 1. The summed E-state index contributed by atoms with van der Waals surface area (Å²) in [6.07, 6.45) is 0. The molecule has 0 saturated carbocycles. The summed E-state index contributed by atoms with van der Waals surface area (Å²) in [5.41, 5.74) is 3.02. The van der Waals surface area contributed by atoms with Crippen LogP contribution >= 0.6 is 0 Å². The van der Waals surface area contributed by atoms with E-state index < -0.39 is 0 Å². The van der Waals surface area contributed by atoms with Gasteiger partial charge in [0.05, 0.1) is 11.4 Å². The normalized spacial score (nSPS) is 20.2. The second-order valence-electron chi connectivity index (χ2n) is 3.40. The number of carbonyl (C=O) groups excluding carboxylic acids is 1. The molecule has 0 aromatic heterocycles. The number of carbonyl (C=O) groups is 1. The first-order chi connectivity index (χ1) is 6.16. The van der Waals surface area contributed by atoms with E-state index in [1.807, 2.05) is 32.0 Å². The van der Waals surface area contributed by atoms with Gasteiger partial charge in [0, 0.05) is 0 Å². The molecule has 1 aromatic carbocycles. The van der Waals surface area contributed by atoms with Crippen LogP contribution in [-0.4, -0.2) is 11.9 Å². The maximum Gasteiger partial charge on any atom is 0.246 e. The fraction of sp³-hybridized carbons (Fsp3) is 0.300. The van der Waals surface area contributed by atoms with Crippen LogP contribution in [0.25, 0.3) is 0 Å². The minimum Gasteiger partial charge on any atom is -0.372 e. The minimum absolute atomic E-state index is 0.0260. The molecule has 2 N–H and O–H groups in total. The SMILES string of the molecule is Cc1ccc2c(c1)NC(=O)C(C)N2. The molecule has 3 heteroatoms. The molecule has 13 heavy (non-hydrogen) atoms. The summed E-state index contributed by atoms with van der Waals surface area (Å²) in [6.45, 7) is 3.85. The Balaban J connectivity index is 2.42. The molecule has 1 aliphatic heterocycles. The zero-order valence-corrected chi connectivity index (χ0v) is 7.72. The van der Waals surface area contributed by atoms with E-state index in [1.165, 1.54) is 0 Å². The summed E-state index contributed by atoms with van der Waals surface area (Å²) < 4.78 is 0. The Bertz CT molecular complexity index is 360. The second kappa shape index (κ2) is 2.76. The van der Waals surface area contributed by atoms with Crippen LogP contribution < -0.4 is 10.6 Å². The highest BCUT2D eigenvalue weighted by molar-refractivity contribution is 6.02. The molecule has 0 fully saturated rings. The molecular weight excluding hydrogens is 164 g/mol. The van der Waals surface area contributed by atoms with Crippen LogP contribution in [0.1, 0.15) is 12.5 Å². The summed E-state index contributed by atoms with van der Waals surface area (Å²) in [4.78, 5) is 11.3. The van der Waals surface area contributed by atoms with Crippen molar-refractivity contribution in [2.75, 3.05) is 10.6 Å². The third kappa shape index (κ3) is 1.37. The smallest absolute Gasteiger partial charge is 0.246 e. The molecule has 0 radical (unpaired) electrons. The summed E-state index contributed by atoms with van der Waals surface area (Å²) in [5.74, 6) is 0.0260. The quantitative estimate of drug-likeness (QED) is 0.632. The highest BCUT2D eigenvalue weighted by Crippen LogP contribution is 2.27. The zero-order valence-electron chi connectivity index (χ0n) is 7.72. The van der Waals surface area contributed by atoms with Gasteiger partial charge < -0.3 is 10.6 Å². The first-order valence-corrected chi connectivity index (χ1v) is 4.35. The predicted molar refractivity (Wildman–Crippen MR) is 52.9 cm³/mol. The average Bonchev–Trinajstić information content (AvgIpc) is 2.08. The van der Waals surface area contributed by atoms with Crippen molar-refractivity contribution >= 4 is 17.3 Å². The average molecular weight is 176 g/mol. The zero-order chi connectivity index (χ0) is 9.42. The Labute approximate surface area is 77.1 Å². The monoisotopic (exact) mass is 176 g/mol. The standard InChI is InChI=1S/C10H12N2O/c1-6-3-4-8-9(5-6)12-10(13)7(2)11-8/h3-5,7,11H,1-2H3,(H,12,13). The lowest BCUT2D eigenvalue weighted by Gasteiger charge is -2.24. The molecule has 68 valence electrons. The second-order valence-corrected chi connectivity index (χ2v) is 3.40. The molecular formula is C10H12N2O. The van der Waals surface area contributed by atoms with E-state index in [0.29, 0.717) is 0 Å². The van der Waals surface area contributed by atoms with Crippen LogP contribution in [0.4, 0.5) is 11.4 Å². The molecule has 1 heterocycles. The molecule has 0 saturated heterocycles.